The van der Waals surface area contributed by atoms with E-state index in [1.807, 2.05) is 0 Å². The minimum atomic E-state index is 0.890. The number of hydrogen-bond donors (Lipinski definition) is 0. The lowest BCUT2D eigenvalue weighted by atomic mass is 10.2. The molecule has 0 aromatic carbocycles. The topological polar surface area (TPSA) is 9.23 Å². The second-order valence-corrected chi connectivity index (χ2v) is 2.67. The first-order chi connectivity index (χ1) is 4.77. The molecule has 0 fully saturated rings. The molecular weight excluding hydrogens is 124 g/mol. The first-order valence-electron chi connectivity index (χ1n) is 3.99. The average molecular weight is 142 g/mol. The van der Waals surface area contributed by atoms with E-state index in [-0.39, 0.29) is 0 Å². The summed E-state index contributed by atoms with van der Waals surface area (Å²) in [6, 6.07) is 0. The van der Waals surface area contributed by atoms with Crippen molar-refractivity contribution >= 4 is 0 Å². The van der Waals surface area contributed by atoms with Crippen LogP contribution in [0.1, 0.15) is 33.1 Å². The molecule has 0 aromatic rings. The third-order valence-corrected chi connectivity index (χ3v) is 1.24. The quantitative estimate of drug-likeness (QED) is 0.409. The Morgan fingerprint density at radius 1 is 1.40 bits per heavy atom. The van der Waals surface area contributed by atoms with E-state index in [1.54, 1.807) is 0 Å². The van der Waals surface area contributed by atoms with E-state index >= 15 is 0 Å². The summed E-state index contributed by atoms with van der Waals surface area (Å²) in [6.45, 7) is 9.79. The highest BCUT2D eigenvalue weighted by molar-refractivity contribution is 4.86. The van der Waals surface area contributed by atoms with Crippen molar-refractivity contribution < 1.29 is 4.74 Å². The Kier molecular flexibility index (Phi) is 6.61. The van der Waals surface area contributed by atoms with Crippen molar-refractivity contribution in [1.82, 2.24) is 0 Å². The maximum Gasteiger partial charge on any atom is 0.0469 e. The summed E-state index contributed by atoms with van der Waals surface area (Å²) in [7, 11) is 0. The molecule has 0 atom stereocenters. The van der Waals surface area contributed by atoms with Crippen molar-refractivity contribution in [2.75, 3.05) is 13.2 Å². The zero-order valence-corrected chi connectivity index (χ0v) is 7.15. The van der Waals surface area contributed by atoms with Gasteiger partial charge in [0.25, 0.3) is 0 Å². The van der Waals surface area contributed by atoms with Gasteiger partial charge in [0, 0.05) is 13.2 Å². The molecule has 0 rings (SSSR count). The van der Waals surface area contributed by atoms with Crippen LogP contribution >= 0.6 is 0 Å². The van der Waals surface area contributed by atoms with Crippen LogP contribution in [0.4, 0.5) is 0 Å². The summed E-state index contributed by atoms with van der Waals surface area (Å²) in [4.78, 5) is 0. The van der Waals surface area contributed by atoms with E-state index < -0.39 is 0 Å². The number of rotatable bonds is 6. The Morgan fingerprint density at radius 3 is 2.60 bits per heavy atom. The zero-order chi connectivity index (χ0) is 7.82. The van der Waals surface area contributed by atoms with Crippen LogP contribution in [0.15, 0.2) is 12.2 Å². The molecule has 0 saturated carbocycles. The molecule has 0 spiro atoms. The summed E-state index contributed by atoms with van der Waals surface area (Å²) in [5.41, 5.74) is 1.25. The average Bonchev–Trinajstić information content (AvgIpc) is 1.87. The fraction of sp³-hybridized carbons (Fsp3) is 0.778. The van der Waals surface area contributed by atoms with Crippen LogP contribution < -0.4 is 0 Å². The van der Waals surface area contributed by atoms with Crippen molar-refractivity contribution in [2.24, 2.45) is 0 Å². The van der Waals surface area contributed by atoms with Crippen LogP contribution in [-0.2, 0) is 4.74 Å². The monoisotopic (exact) mass is 142 g/mol. The summed E-state index contributed by atoms with van der Waals surface area (Å²) in [5, 5.41) is 0. The van der Waals surface area contributed by atoms with E-state index in [1.165, 1.54) is 5.57 Å². The van der Waals surface area contributed by atoms with E-state index in [0.717, 1.165) is 32.5 Å². The van der Waals surface area contributed by atoms with Gasteiger partial charge in [0.05, 0.1) is 0 Å². The lowest BCUT2D eigenvalue weighted by Gasteiger charge is -2.00. The molecular formula is C9H18O. The van der Waals surface area contributed by atoms with Crippen molar-refractivity contribution in [3.63, 3.8) is 0 Å². The van der Waals surface area contributed by atoms with Crippen molar-refractivity contribution in [1.29, 1.82) is 0 Å². The Hall–Kier alpha value is -0.300. The molecule has 0 heterocycles. The first kappa shape index (κ1) is 9.70. The fourth-order valence-electron chi connectivity index (χ4n) is 0.722. The van der Waals surface area contributed by atoms with Crippen molar-refractivity contribution in [2.45, 2.75) is 33.1 Å². The highest BCUT2D eigenvalue weighted by atomic mass is 16.5. The Morgan fingerprint density at radius 2 is 2.10 bits per heavy atom. The largest absolute Gasteiger partial charge is 0.381 e. The van der Waals surface area contributed by atoms with Gasteiger partial charge in [-0.15, -0.1) is 6.58 Å². The van der Waals surface area contributed by atoms with Gasteiger partial charge < -0.3 is 4.74 Å². The lowest BCUT2D eigenvalue weighted by Crippen LogP contribution is -1.95. The van der Waals surface area contributed by atoms with Gasteiger partial charge >= 0.3 is 0 Å². The molecule has 0 aliphatic carbocycles. The molecule has 0 aliphatic heterocycles. The first-order valence-corrected chi connectivity index (χ1v) is 3.99. The molecule has 1 nitrogen and oxygen atoms in total. The summed E-state index contributed by atoms with van der Waals surface area (Å²) >= 11 is 0. The molecule has 0 bridgehead atoms. The van der Waals surface area contributed by atoms with Crippen LogP contribution in [0, 0.1) is 0 Å². The minimum absolute atomic E-state index is 0.890. The predicted molar refractivity (Wildman–Crippen MR) is 45.2 cm³/mol. The Balaban J connectivity index is 2.84. The van der Waals surface area contributed by atoms with E-state index in [9.17, 15) is 0 Å². The highest BCUT2D eigenvalue weighted by Crippen LogP contribution is 1.99. The predicted octanol–water partition coefficient (Wildman–Crippen LogP) is 2.77. The molecule has 0 aliphatic rings. The highest BCUT2D eigenvalue weighted by Gasteiger charge is 1.87. The molecule has 10 heavy (non-hydrogen) atoms. The standard InChI is InChI=1S/C9H18O/c1-4-7-10-8-5-6-9(2)3/h2,4-8H2,1,3H3. The van der Waals surface area contributed by atoms with Gasteiger partial charge in [-0.3, -0.25) is 0 Å². The van der Waals surface area contributed by atoms with Crippen molar-refractivity contribution in [3.05, 3.63) is 12.2 Å². The van der Waals surface area contributed by atoms with Gasteiger partial charge in [0.15, 0.2) is 0 Å². The van der Waals surface area contributed by atoms with Crippen LogP contribution in [0.25, 0.3) is 0 Å². The van der Waals surface area contributed by atoms with Crippen LogP contribution in [-0.4, -0.2) is 13.2 Å². The number of allylic oxidation sites excluding steroid dienone is 1. The van der Waals surface area contributed by atoms with Crippen LogP contribution in [0.5, 0.6) is 0 Å². The van der Waals surface area contributed by atoms with Crippen LogP contribution in [0.3, 0.4) is 0 Å². The lowest BCUT2D eigenvalue weighted by molar-refractivity contribution is 0.132. The Labute approximate surface area is 64.1 Å². The van der Waals surface area contributed by atoms with Crippen molar-refractivity contribution in [3.8, 4) is 0 Å². The smallest absolute Gasteiger partial charge is 0.0469 e. The van der Waals surface area contributed by atoms with Gasteiger partial charge in [-0.1, -0.05) is 12.5 Å². The molecule has 0 radical (unpaired) electrons. The van der Waals surface area contributed by atoms with Gasteiger partial charge in [-0.05, 0) is 26.2 Å². The molecule has 0 saturated heterocycles. The van der Waals surface area contributed by atoms with E-state index in [2.05, 4.69) is 20.4 Å². The molecule has 1 heteroatoms. The third-order valence-electron chi connectivity index (χ3n) is 1.24. The number of hydrogen-bond acceptors (Lipinski definition) is 1. The summed E-state index contributed by atoms with van der Waals surface area (Å²) in [5.74, 6) is 0. The van der Waals surface area contributed by atoms with E-state index in [0.29, 0.717) is 0 Å². The SMILES string of the molecule is C=C(C)CCCOCCC. The zero-order valence-electron chi connectivity index (χ0n) is 7.15. The van der Waals surface area contributed by atoms with Gasteiger partial charge in [-0.25, -0.2) is 0 Å². The minimum Gasteiger partial charge on any atom is -0.381 e. The van der Waals surface area contributed by atoms with E-state index in [4.69, 9.17) is 4.74 Å². The van der Waals surface area contributed by atoms with Gasteiger partial charge in [-0.2, -0.15) is 0 Å². The molecule has 0 N–H and O–H groups in total. The molecule has 0 aromatic heterocycles. The van der Waals surface area contributed by atoms with Crippen LogP contribution in [0.2, 0.25) is 0 Å². The Bertz CT molecular complexity index is 86.7. The summed E-state index contributed by atoms with van der Waals surface area (Å²) < 4.78 is 5.29. The van der Waals surface area contributed by atoms with Gasteiger partial charge in [0.2, 0.25) is 0 Å². The fourth-order valence-corrected chi connectivity index (χ4v) is 0.722. The summed E-state index contributed by atoms with van der Waals surface area (Å²) in [6.07, 6.45) is 3.34. The third kappa shape index (κ3) is 7.70. The van der Waals surface area contributed by atoms with Gasteiger partial charge in [0.1, 0.15) is 0 Å². The number of ether oxygens (including phenoxy) is 1. The molecule has 60 valence electrons. The second-order valence-electron chi connectivity index (χ2n) is 2.67. The maximum absolute atomic E-state index is 5.29. The normalized spacial score (nSPS) is 9.80. The molecule has 0 amide bonds. The second kappa shape index (κ2) is 6.81. The maximum atomic E-state index is 5.29. The molecule has 0 unspecified atom stereocenters.